The molecule has 2 aromatic rings. The Morgan fingerprint density at radius 1 is 1.00 bits per heavy atom. The number of alkyl halides is 3. The minimum atomic E-state index is -4.44. The molecule has 1 atom stereocenters. The second-order valence-electron chi connectivity index (χ2n) is 8.47. The van der Waals surface area contributed by atoms with E-state index in [-0.39, 0.29) is 10.6 Å². The van der Waals surface area contributed by atoms with E-state index >= 15 is 0 Å². The van der Waals surface area contributed by atoms with Crippen molar-refractivity contribution in [3.63, 3.8) is 0 Å². The van der Waals surface area contributed by atoms with Gasteiger partial charge in [0.05, 0.1) is 22.3 Å². The van der Waals surface area contributed by atoms with Crippen LogP contribution in [0.5, 0.6) is 0 Å². The van der Waals surface area contributed by atoms with Gasteiger partial charge in [-0.1, -0.05) is 48.6 Å². The third-order valence-electron chi connectivity index (χ3n) is 6.23. The van der Waals surface area contributed by atoms with Crippen LogP contribution in [0.15, 0.2) is 95.1 Å². The van der Waals surface area contributed by atoms with Crippen LogP contribution in [0.1, 0.15) is 18.9 Å². The van der Waals surface area contributed by atoms with E-state index < -0.39 is 27.6 Å². The topological polar surface area (TPSA) is 63.4 Å². The molecule has 0 amide bonds. The van der Waals surface area contributed by atoms with Crippen LogP contribution in [-0.4, -0.2) is 44.4 Å². The molecule has 184 valence electrons. The molecule has 0 saturated carbocycles. The van der Waals surface area contributed by atoms with Crippen LogP contribution in [0.2, 0.25) is 0 Å². The Morgan fingerprint density at radius 2 is 1.69 bits per heavy atom. The van der Waals surface area contributed by atoms with Gasteiger partial charge in [-0.15, -0.1) is 0 Å². The Morgan fingerprint density at radius 3 is 2.37 bits per heavy atom. The predicted octanol–water partition coefficient (Wildman–Crippen LogP) is 5.51. The van der Waals surface area contributed by atoms with Crippen molar-refractivity contribution in [2.24, 2.45) is 5.73 Å². The Labute approximate surface area is 203 Å². The first-order valence-electron chi connectivity index (χ1n) is 11.4. The quantitative estimate of drug-likeness (QED) is 0.545. The number of rotatable bonds is 7. The molecule has 8 heteroatoms. The van der Waals surface area contributed by atoms with Gasteiger partial charge in [-0.25, -0.2) is 8.42 Å². The summed E-state index contributed by atoms with van der Waals surface area (Å²) in [5.41, 5.74) is 8.43. The Balaban J connectivity index is 1.75. The molecule has 0 fully saturated rings. The summed E-state index contributed by atoms with van der Waals surface area (Å²) in [6, 6.07) is 13.2. The van der Waals surface area contributed by atoms with Gasteiger partial charge >= 0.3 is 6.18 Å². The number of nitrogens with two attached hydrogens (primary N) is 1. The van der Waals surface area contributed by atoms with Crippen molar-refractivity contribution in [3.05, 3.63) is 95.7 Å². The number of fused-ring (bicyclic) bond motifs is 1. The lowest BCUT2D eigenvalue weighted by molar-refractivity contribution is -0.0984. The van der Waals surface area contributed by atoms with Gasteiger partial charge in [0.25, 0.3) is 0 Å². The van der Waals surface area contributed by atoms with Gasteiger partial charge in [0.15, 0.2) is 9.84 Å². The predicted molar refractivity (Wildman–Crippen MR) is 133 cm³/mol. The summed E-state index contributed by atoms with van der Waals surface area (Å²) < 4.78 is 66.7. The van der Waals surface area contributed by atoms with E-state index in [0.717, 1.165) is 17.2 Å². The number of sulfone groups is 1. The Bertz CT molecular complexity index is 1340. The largest absolute Gasteiger partial charge is 0.415 e. The molecule has 2 aromatic carbocycles. The zero-order valence-electron chi connectivity index (χ0n) is 19.3. The van der Waals surface area contributed by atoms with Gasteiger partial charge in [0.1, 0.15) is 0 Å². The van der Waals surface area contributed by atoms with E-state index in [1.807, 2.05) is 43.3 Å². The van der Waals surface area contributed by atoms with Gasteiger partial charge in [-0.05, 0) is 72.0 Å². The van der Waals surface area contributed by atoms with Gasteiger partial charge < -0.3 is 10.6 Å². The first-order valence-corrected chi connectivity index (χ1v) is 13.1. The number of benzene rings is 2. The van der Waals surface area contributed by atoms with Crippen molar-refractivity contribution in [1.82, 2.24) is 4.90 Å². The normalized spacial score (nSPS) is 18.0. The smallest absolute Gasteiger partial charge is 0.367 e. The molecule has 0 saturated heterocycles. The number of likely N-dealkylation sites (N-methyl/N-ethyl adjacent to an activating group) is 1. The third kappa shape index (κ3) is 5.13. The second kappa shape index (κ2) is 9.87. The summed E-state index contributed by atoms with van der Waals surface area (Å²) in [6.07, 6.45) is 3.80. The second-order valence-corrected chi connectivity index (χ2v) is 10.6. The van der Waals surface area contributed by atoms with Crippen molar-refractivity contribution in [1.29, 1.82) is 0 Å². The first-order chi connectivity index (χ1) is 16.7. The molecule has 1 aliphatic heterocycles. The van der Waals surface area contributed by atoms with Crippen molar-refractivity contribution < 1.29 is 21.6 Å². The van der Waals surface area contributed by atoms with E-state index in [1.165, 1.54) is 6.08 Å². The van der Waals surface area contributed by atoms with Crippen molar-refractivity contribution >= 4 is 15.4 Å². The van der Waals surface area contributed by atoms with E-state index in [0.29, 0.717) is 36.2 Å². The van der Waals surface area contributed by atoms with Crippen LogP contribution in [0, 0.1) is 0 Å². The van der Waals surface area contributed by atoms with Crippen molar-refractivity contribution in [2.45, 2.75) is 30.5 Å². The summed E-state index contributed by atoms with van der Waals surface area (Å²) >= 11 is 0. The van der Waals surface area contributed by atoms with Crippen molar-refractivity contribution in [3.8, 4) is 11.1 Å². The number of allylic oxidation sites excluding steroid dienone is 4. The average molecular weight is 501 g/mol. The van der Waals surface area contributed by atoms with E-state index in [9.17, 15) is 21.6 Å². The highest BCUT2D eigenvalue weighted by molar-refractivity contribution is 7.91. The summed E-state index contributed by atoms with van der Waals surface area (Å²) in [6.45, 7) is 2.56. The molecule has 35 heavy (non-hydrogen) atoms. The molecule has 2 N–H and O–H groups in total. The summed E-state index contributed by atoms with van der Waals surface area (Å²) in [5.74, 6) is -0.0231. The zero-order valence-corrected chi connectivity index (χ0v) is 20.1. The molecule has 0 radical (unpaired) electrons. The lowest BCUT2D eigenvalue weighted by atomic mass is 9.84. The minimum Gasteiger partial charge on any atom is -0.367 e. The standard InChI is InChI=1S/C27H27F3N2O2S/c1-2-32-15-13-23(24-11-5-12-25(26(24)32)27(28,29)30)21-9-3-7-19(17-21)20-8-4-10-22(18-20)35(33,34)16-6-14-31/h3-5,7-13,15,17-18,26H,2,6,14,16,31H2,1H3. The summed E-state index contributed by atoms with van der Waals surface area (Å²) in [7, 11) is -3.46. The maximum atomic E-state index is 13.8. The van der Waals surface area contributed by atoms with Crippen LogP contribution >= 0.6 is 0 Å². The summed E-state index contributed by atoms with van der Waals surface area (Å²) in [4.78, 5) is 1.91. The van der Waals surface area contributed by atoms with Gasteiger partial charge in [0.2, 0.25) is 0 Å². The fourth-order valence-corrected chi connectivity index (χ4v) is 5.85. The molecule has 4 nitrogen and oxygen atoms in total. The van der Waals surface area contributed by atoms with Crippen LogP contribution in [0.4, 0.5) is 13.2 Å². The maximum Gasteiger partial charge on any atom is 0.415 e. The maximum absolute atomic E-state index is 13.8. The van der Waals surface area contributed by atoms with E-state index in [2.05, 4.69) is 0 Å². The average Bonchev–Trinajstić information content (AvgIpc) is 2.86. The highest BCUT2D eigenvalue weighted by atomic mass is 32.2. The van der Waals surface area contributed by atoms with Gasteiger partial charge in [0, 0.05) is 12.7 Å². The molecule has 4 rings (SSSR count). The Kier molecular flexibility index (Phi) is 7.05. The fourth-order valence-electron chi connectivity index (χ4n) is 4.48. The van der Waals surface area contributed by atoms with Gasteiger partial charge in [-0.3, -0.25) is 0 Å². The monoisotopic (exact) mass is 500 g/mol. The number of hydrogen-bond donors (Lipinski definition) is 1. The minimum absolute atomic E-state index is 0.0231. The number of nitrogens with zero attached hydrogens (tertiary/aromatic N) is 1. The zero-order chi connectivity index (χ0) is 25.2. The van der Waals surface area contributed by atoms with E-state index in [1.54, 1.807) is 35.4 Å². The molecule has 0 bridgehead atoms. The number of halogens is 3. The Hall–Kier alpha value is -3.10. The highest BCUT2D eigenvalue weighted by Gasteiger charge is 2.43. The summed E-state index contributed by atoms with van der Waals surface area (Å²) in [5, 5.41) is 0. The molecule has 0 spiro atoms. The molecular formula is C27H27F3N2O2S. The molecule has 0 aromatic heterocycles. The lowest BCUT2D eigenvalue weighted by Crippen LogP contribution is -2.41. The van der Waals surface area contributed by atoms with E-state index in [4.69, 9.17) is 5.73 Å². The molecule has 2 aliphatic rings. The highest BCUT2D eigenvalue weighted by Crippen LogP contribution is 2.42. The molecular weight excluding hydrogens is 473 g/mol. The SMILES string of the molecule is CCN1C=CC(c2cccc(-c3cccc(S(=O)(=O)CCCN)c3)c2)=C2C=CC=C(C(F)(F)F)C21. The van der Waals surface area contributed by atoms with Crippen LogP contribution in [0.3, 0.4) is 0 Å². The first kappa shape index (κ1) is 25.0. The fraction of sp³-hybridized carbons (Fsp3) is 0.259. The molecule has 1 heterocycles. The number of hydrogen-bond acceptors (Lipinski definition) is 4. The van der Waals surface area contributed by atoms with Crippen LogP contribution in [-0.2, 0) is 9.84 Å². The van der Waals surface area contributed by atoms with Crippen molar-refractivity contribution in [2.75, 3.05) is 18.8 Å². The third-order valence-corrected chi connectivity index (χ3v) is 8.02. The van der Waals surface area contributed by atoms with Gasteiger partial charge in [-0.2, -0.15) is 13.2 Å². The van der Waals surface area contributed by atoms with Crippen LogP contribution in [0.25, 0.3) is 16.7 Å². The molecule has 1 unspecified atom stereocenters. The molecule has 1 aliphatic carbocycles. The van der Waals surface area contributed by atoms with Crippen LogP contribution < -0.4 is 5.73 Å². The lowest BCUT2D eigenvalue weighted by Gasteiger charge is -2.38.